The van der Waals surface area contributed by atoms with E-state index in [1.54, 1.807) is 0 Å². The Bertz CT molecular complexity index is 901. The third kappa shape index (κ3) is 3.00. The Balaban J connectivity index is 1.75. The van der Waals surface area contributed by atoms with Gasteiger partial charge in [-0.05, 0) is 42.5 Å². The van der Waals surface area contributed by atoms with Crippen molar-refractivity contribution in [2.45, 2.75) is 10.9 Å². The van der Waals surface area contributed by atoms with Gasteiger partial charge in [0, 0.05) is 5.69 Å². The lowest BCUT2D eigenvalue weighted by atomic mass is 10.1. The summed E-state index contributed by atoms with van der Waals surface area (Å²) in [5, 5.41) is 0. The third-order valence-electron chi connectivity index (χ3n) is 3.55. The van der Waals surface area contributed by atoms with Crippen LogP contribution in [0.2, 0.25) is 0 Å². The minimum atomic E-state index is -4.39. The summed E-state index contributed by atoms with van der Waals surface area (Å²) in [6.45, 7) is 0.000625. The first-order chi connectivity index (χ1) is 11.3. The molecule has 0 bridgehead atoms. The highest BCUT2D eigenvalue weighted by Crippen LogP contribution is 2.24. The molecule has 0 unspecified atom stereocenters. The van der Waals surface area contributed by atoms with Crippen LogP contribution in [0.4, 0.5) is 18.9 Å². The molecule has 0 aliphatic carbocycles. The molecule has 2 aromatic rings. The van der Waals surface area contributed by atoms with Gasteiger partial charge in [0.25, 0.3) is 0 Å². The molecule has 1 aliphatic rings. The summed E-state index contributed by atoms with van der Waals surface area (Å²) in [7, 11) is -4.39. The van der Waals surface area contributed by atoms with Crippen LogP contribution in [0.15, 0.2) is 47.4 Å². The molecule has 1 atom stereocenters. The molecule has 1 saturated heterocycles. The van der Waals surface area contributed by atoms with Gasteiger partial charge < -0.3 is 4.90 Å². The fraction of sp³-hybridized carbons (Fsp3) is 0.133. The standard InChI is InChI=1S/C15H11F3N2O3S/c16-9-1-4-11(5-2-9)20-8-13(15(20)21)19-24(22,23)14-7-10(17)3-6-12(14)18/h1-7,13,19H,8H2/t13-/m0/s1. The summed E-state index contributed by atoms with van der Waals surface area (Å²) in [5.74, 6) is -3.07. The number of nitrogens with zero attached hydrogens (tertiary/aromatic N) is 1. The van der Waals surface area contributed by atoms with Crippen LogP contribution in [-0.4, -0.2) is 26.9 Å². The van der Waals surface area contributed by atoms with Gasteiger partial charge in [-0.1, -0.05) is 0 Å². The van der Waals surface area contributed by atoms with Crippen LogP contribution in [0.3, 0.4) is 0 Å². The van der Waals surface area contributed by atoms with Crippen molar-refractivity contribution in [1.29, 1.82) is 0 Å². The van der Waals surface area contributed by atoms with Crippen molar-refractivity contribution in [3.63, 3.8) is 0 Å². The summed E-state index contributed by atoms with van der Waals surface area (Å²) in [6, 6.07) is 6.02. The van der Waals surface area contributed by atoms with Crippen LogP contribution in [-0.2, 0) is 14.8 Å². The lowest BCUT2D eigenvalue weighted by Crippen LogP contribution is -2.64. The molecule has 5 nitrogen and oxygen atoms in total. The van der Waals surface area contributed by atoms with E-state index in [1.165, 1.54) is 29.2 Å². The molecule has 126 valence electrons. The zero-order chi connectivity index (χ0) is 17.5. The monoisotopic (exact) mass is 356 g/mol. The number of hydrogen-bond acceptors (Lipinski definition) is 3. The third-order valence-corrected chi connectivity index (χ3v) is 5.03. The average Bonchev–Trinajstić information content (AvgIpc) is 2.54. The predicted molar refractivity (Wildman–Crippen MR) is 79.2 cm³/mol. The molecule has 9 heteroatoms. The van der Waals surface area contributed by atoms with Crippen LogP contribution < -0.4 is 9.62 Å². The van der Waals surface area contributed by atoms with Crippen molar-refractivity contribution in [1.82, 2.24) is 4.72 Å². The lowest BCUT2D eigenvalue weighted by molar-refractivity contribution is -0.124. The smallest absolute Gasteiger partial charge is 0.247 e. The minimum absolute atomic E-state index is 0.000625. The second-order valence-corrected chi connectivity index (χ2v) is 6.86. The molecule has 1 N–H and O–H groups in total. The highest BCUT2D eigenvalue weighted by molar-refractivity contribution is 7.89. The number of carbonyl (C=O) groups excluding carboxylic acids is 1. The van der Waals surface area contributed by atoms with Gasteiger partial charge in [0.05, 0.1) is 6.54 Å². The first kappa shape index (κ1) is 16.5. The second kappa shape index (κ2) is 5.91. The Morgan fingerprint density at radius 1 is 1.00 bits per heavy atom. The normalized spacial score (nSPS) is 17.7. The molecule has 2 aromatic carbocycles. The van der Waals surface area contributed by atoms with Gasteiger partial charge in [-0.25, -0.2) is 21.6 Å². The van der Waals surface area contributed by atoms with Crippen molar-refractivity contribution in [2.75, 3.05) is 11.4 Å². The van der Waals surface area contributed by atoms with E-state index in [0.717, 1.165) is 6.07 Å². The van der Waals surface area contributed by atoms with E-state index in [9.17, 15) is 26.4 Å². The van der Waals surface area contributed by atoms with Crippen molar-refractivity contribution in [2.24, 2.45) is 0 Å². The maximum Gasteiger partial charge on any atom is 0.247 e. The molecule has 0 radical (unpaired) electrons. The van der Waals surface area contributed by atoms with Crippen LogP contribution >= 0.6 is 0 Å². The van der Waals surface area contributed by atoms with Crippen molar-refractivity contribution in [3.8, 4) is 0 Å². The van der Waals surface area contributed by atoms with Gasteiger partial charge in [-0.3, -0.25) is 4.79 Å². The maximum atomic E-state index is 13.6. The van der Waals surface area contributed by atoms with Crippen LogP contribution in [0, 0.1) is 17.5 Å². The lowest BCUT2D eigenvalue weighted by Gasteiger charge is -2.38. The Hall–Kier alpha value is -2.39. The van der Waals surface area contributed by atoms with E-state index in [2.05, 4.69) is 0 Å². The van der Waals surface area contributed by atoms with Gasteiger partial charge in [0.15, 0.2) is 0 Å². The number of hydrogen-bond donors (Lipinski definition) is 1. The molecule has 0 spiro atoms. The molecule has 24 heavy (non-hydrogen) atoms. The van der Waals surface area contributed by atoms with Crippen LogP contribution in [0.25, 0.3) is 0 Å². The Labute approximate surface area is 135 Å². The first-order valence-corrected chi connectivity index (χ1v) is 8.30. The van der Waals surface area contributed by atoms with E-state index in [1.807, 2.05) is 4.72 Å². The number of β-lactam (4-membered cyclic amide) rings is 1. The van der Waals surface area contributed by atoms with E-state index >= 15 is 0 Å². The number of nitrogens with one attached hydrogen (secondary N) is 1. The molecular weight excluding hydrogens is 345 g/mol. The predicted octanol–water partition coefficient (Wildman–Crippen LogP) is 1.80. The Kier molecular flexibility index (Phi) is 4.06. The number of anilines is 1. The van der Waals surface area contributed by atoms with Gasteiger partial charge in [-0.15, -0.1) is 0 Å². The average molecular weight is 356 g/mol. The zero-order valence-corrected chi connectivity index (χ0v) is 12.9. The highest BCUT2D eigenvalue weighted by Gasteiger charge is 2.40. The topological polar surface area (TPSA) is 66.5 Å². The first-order valence-electron chi connectivity index (χ1n) is 6.82. The van der Waals surface area contributed by atoms with Crippen LogP contribution in [0.1, 0.15) is 0 Å². The summed E-state index contributed by atoms with van der Waals surface area (Å²) < 4.78 is 65.8. The van der Waals surface area contributed by atoms with Crippen molar-refractivity contribution in [3.05, 3.63) is 59.9 Å². The van der Waals surface area contributed by atoms with Gasteiger partial charge in [0.1, 0.15) is 28.4 Å². The molecule has 1 amide bonds. The summed E-state index contributed by atoms with van der Waals surface area (Å²) in [6.07, 6.45) is 0. The largest absolute Gasteiger partial charge is 0.309 e. The number of benzene rings is 2. The molecule has 0 aromatic heterocycles. The number of sulfonamides is 1. The highest BCUT2D eigenvalue weighted by atomic mass is 32.2. The summed E-state index contributed by atoms with van der Waals surface area (Å²) in [4.78, 5) is 12.4. The number of carbonyl (C=O) groups is 1. The van der Waals surface area contributed by atoms with Crippen LogP contribution in [0.5, 0.6) is 0 Å². The molecule has 1 heterocycles. The van der Waals surface area contributed by atoms with E-state index in [4.69, 9.17) is 0 Å². The number of rotatable bonds is 4. The molecular formula is C15H11F3N2O3S. The van der Waals surface area contributed by atoms with E-state index in [0.29, 0.717) is 17.8 Å². The van der Waals surface area contributed by atoms with Crippen molar-refractivity contribution < 1.29 is 26.4 Å². The number of halogens is 3. The SMILES string of the molecule is O=C1[C@@H](NS(=O)(=O)c2cc(F)ccc2F)CN1c1ccc(F)cc1. The fourth-order valence-electron chi connectivity index (χ4n) is 2.30. The molecule has 0 saturated carbocycles. The van der Waals surface area contributed by atoms with E-state index < -0.39 is 44.3 Å². The molecule has 3 rings (SSSR count). The summed E-state index contributed by atoms with van der Waals surface area (Å²) in [5.41, 5.74) is 0.411. The fourth-order valence-corrected chi connectivity index (χ4v) is 3.57. The Morgan fingerprint density at radius 2 is 1.62 bits per heavy atom. The maximum absolute atomic E-state index is 13.6. The second-order valence-electron chi connectivity index (χ2n) is 5.17. The zero-order valence-electron chi connectivity index (χ0n) is 12.0. The molecule has 1 aliphatic heterocycles. The number of amides is 1. The quantitative estimate of drug-likeness (QED) is 0.850. The Morgan fingerprint density at radius 3 is 2.25 bits per heavy atom. The summed E-state index contributed by atoms with van der Waals surface area (Å²) >= 11 is 0. The van der Waals surface area contributed by atoms with Crippen molar-refractivity contribution >= 4 is 21.6 Å². The van der Waals surface area contributed by atoms with Gasteiger partial charge >= 0.3 is 0 Å². The van der Waals surface area contributed by atoms with E-state index in [-0.39, 0.29) is 6.54 Å². The minimum Gasteiger partial charge on any atom is -0.309 e. The molecule has 1 fully saturated rings. The van der Waals surface area contributed by atoms with Gasteiger partial charge in [-0.2, -0.15) is 4.72 Å². The van der Waals surface area contributed by atoms with Gasteiger partial charge in [0.2, 0.25) is 15.9 Å².